The normalized spacial score (nSPS) is 17.2. The van der Waals surface area contributed by atoms with Crippen LogP contribution in [0.1, 0.15) is 18.9 Å². The van der Waals surface area contributed by atoms with Gasteiger partial charge >= 0.3 is 0 Å². The Morgan fingerprint density at radius 3 is 2.90 bits per heavy atom. The summed E-state index contributed by atoms with van der Waals surface area (Å²) in [5.74, 6) is 0.877. The summed E-state index contributed by atoms with van der Waals surface area (Å²) < 4.78 is 1.96. The quantitative estimate of drug-likeness (QED) is 0.821. The molecular weight excluding hydrogens is 272 g/mol. The molecule has 0 unspecified atom stereocenters. The Hall–Kier alpha value is -1.01. The fourth-order valence-electron chi connectivity index (χ4n) is 2.51. The minimum absolute atomic E-state index is 0.276. The molecule has 0 N–H and O–H groups in total. The van der Waals surface area contributed by atoms with Gasteiger partial charge in [0.15, 0.2) is 0 Å². The Kier molecular flexibility index (Phi) is 5.91. The fraction of sp³-hybridized carbons (Fsp3) is 0.714. The van der Waals surface area contributed by atoms with Crippen molar-refractivity contribution in [3.05, 3.63) is 18.0 Å². The largest absolute Gasteiger partial charge is 0.341 e. The van der Waals surface area contributed by atoms with Gasteiger partial charge in [-0.25, -0.2) is 0 Å². The molecule has 5 nitrogen and oxygen atoms in total. The highest BCUT2D eigenvalue weighted by molar-refractivity contribution is 7.99. The van der Waals surface area contributed by atoms with Crippen LogP contribution in [0.3, 0.4) is 0 Å². The molecule has 6 heteroatoms. The summed E-state index contributed by atoms with van der Waals surface area (Å²) in [6, 6.07) is 0. The summed E-state index contributed by atoms with van der Waals surface area (Å²) in [5.41, 5.74) is 1.26. The van der Waals surface area contributed by atoms with Crippen LogP contribution in [0.15, 0.2) is 12.4 Å². The Balaban J connectivity index is 1.84. The second kappa shape index (κ2) is 7.69. The monoisotopic (exact) mass is 296 g/mol. The smallest absolute Gasteiger partial charge is 0.232 e. The summed E-state index contributed by atoms with van der Waals surface area (Å²) in [4.78, 5) is 16.4. The standard InChI is InChI=1S/C14H24N4OS/c1-3-18-11-13(9-15-18)10-16-5-4-6-17(8-7-16)14(19)12-20-2/h9,11H,3-8,10,12H2,1-2H3. The van der Waals surface area contributed by atoms with Gasteiger partial charge in [0.2, 0.25) is 5.91 Å². The van der Waals surface area contributed by atoms with Crippen LogP contribution in [0.4, 0.5) is 0 Å². The Labute approximate surface area is 125 Å². The number of nitrogens with zero attached hydrogens (tertiary/aromatic N) is 4. The van der Waals surface area contributed by atoms with Crippen molar-refractivity contribution in [1.29, 1.82) is 0 Å². The van der Waals surface area contributed by atoms with Crippen LogP contribution < -0.4 is 0 Å². The number of aromatic nitrogens is 2. The van der Waals surface area contributed by atoms with Crippen LogP contribution in [-0.4, -0.2) is 63.7 Å². The van der Waals surface area contributed by atoms with Crippen molar-refractivity contribution in [2.24, 2.45) is 0 Å². The minimum atomic E-state index is 0.276. The molecule has 1 aliphatic rings. The molecule has 0 atom stereocenters. The molecule has 1 amide bonds. The van der Waals surface area contributed by atoms with E-state index in [1.165, 1.54) is 5.56 Å². The Bertz CT molecular complexity index is 435. The van der Waals surface area contributed by atoms with E-state index >= 15 is 0 Å². The first-order valence-corrected chi connectivity index (χ1v) is 8.62. The van der Waals surface area contributed by atoms with Gasteiger partial charge in [0.25, 0.3) is 0 Å². The zero-order valence-corrected chi connectivity index (χ0v) is 13.2. The molecule has 0 radical (unpaired) electrons. The number of hydrogen-bond acceptors (Lipinski definition) is 4. The SMILES string of the molecule is CCn1cc(CN2CCCN(C(=O)CSC)CC2)cn1. The highest BCUT2D eigenvalue weighted by Crippen LogP contribution is 2.10. The zero-order valence-electron chi connectivity index (χ0n) is 12.4. The Morgan fingerprint density at radius 1 is 1.35 bits per heavy atom. The van der Waals surface area contributed by atoms with Crippen LogP contribution in [0.2, 0.25) is 0 Å². The first kappa shape index (κ1) is 15.4. The highest BCUT2D eigenvalue weighted by Gasteiger charge is 2.18. The summed E-state index contributed by atoms with van der Waals surface area (Å²) in [6.07, 6.45) is 7.10. The average Bonchev–Trinajstić information content (AvgIpc) is 2.76. The second-order valence-corrected chi connectivity index (χ2v) is 6.01. The third-order valence-corrected chi connectivity index (χ3v) is 4.16. The average molecular weight is 296 g/mol. The molecule has 0 aromatic carbocycles. The van der Waals surface area contributed by atoms with Crippen LogP contribution in [-0.2, 0) is 17.9 Å². The molecule has 0 bridgehead atoms. The molecule has 1 fully saturated rings. The Morgan fingerprint density at radius 2 is 2.20 bits per heavy atom. The van der Waals surface area contributed by atoms with Gasteiger partial charge in [-0.2, -0.15) is 16.9 Å². The van der Waals surface area contributed by atoms with E-state index in [0.29, 0.717) is 5.75 Å². The van der Waals surface area contributed by atoms with Crippen LogP contribution in [0.5, 0.6) is 0 Å². The van der Waals surface area contributed by atoms with E-state index in [9.17, 15) is 4.79 Å². The second-order valence-electron chi connectivity index (χ2n) is 5.15. The molecule has 2 rings (SSSR count). The van der Waals surface area contributed by atoms with Gasteiger partial charge in [-0.15, -0.1) is 0 Å². The molecule has 1 aromatic heterocycles. The van der Waals surface area contributed by atoms with E-state index < -0.39 is 0 Å². The lowest BCUT2D eigenvalue weighted by molar-refractivity contribution is -0.128. The van der Waals surface area contributed by atoms with Gasteiger partial charge in [-0.05, 0) is 19.6 Å². The number of carbonyl (C=O) groups excluding carboxylic acids is 1. The van der Waals surface area contributed by atoms with Crippen LogP contribution in [0, 0.1) is 0 Å². The summed E-state index contributed by atoms with van der Waals surface area (Å²) in [7, 11) is 0. The van der Waals surface area contributed by atoms with E-state index in [2.05, 4.69) is 23.1 Å². The van der Waals surface area contributed by atoms with Crippen molar-refractivity contribution in [3.63, 3.8) is 0 Å². The third-order valence-electron chi connectivity index (χ3n) is 3.63. The number of hydrogen-bond donors (Lipinski definition) is 0. The highest BCUT2D eigenvalue weighted by atomic mass is 32.2. The predicted molar refractivity (Wildman–Crippen MR) is 82.8 cm³/mol. The molecule has 0 aliphatic carbocycles. The maximum absolute atomic E-state index is 11.9. The van der Waals surface area contributed by atoms with Gasteiger partial charge in [0.05, 0.1) is 11.9 Å². The van der Waals surface area contributed by atoms with E-state index in [4.69, 9.17) is 0 Å². The molecule has 0 spiro atoms. The first-order valence-electron chi connectivity index (χ1n) is 7.23. The van der Waals surface area contributed by atoms with Gasteiger partial charge in [-0.1, -0.05) is 0 Å². The molecule has 1 aromatic rings. The van der Waals surface area contributed by atoms with Crippen LogP contribution in [0.25, 0.3) is 0 Å². The molecule has 20 heavy (non-hydrogen) atoms. The lowest BCUT2D eigenvalue weighted by Crippen LogP contribution is -2.36. The molecular formula is C14H24N4OS. The fourth-order valence-corrected chi connectivity index (χ4v) is 2.94. The molecule has 1 saturated heterocycles. The van der Waals surface area contributed by atoms with Crippen molar-refractivity contribution in [1.82, 2.24) is 19.6 Å². The molecule has 1 aliphatic heterocycles. The summed E-state index contributed by atoms with van der Waals surface area (Å²) in [5, 5.41) is 4.31. The topological polar surface area (TPSA) is 41.4 Å². The predicted octanol–water partition coefficient (Wildman–Crippen LogP) is 1.30. The maximum Gasteiger partial charge on any atom is 0.232 e. The summed E-state index contributed by atoms with van der Waals surface area (Å²) in [6.45, 7) is 7.70. The lowest BCUT2D eigenvalue weighted by Gasteiger charge is -2.21. The van der Waals surface area contributed by atoms with E-state index in [1.54, 1.807) is 11.8 Å². The lowest BCUT2D eigenvalue weighted by atomic mass is 10.3. The van der Waals surface area contributed by atoms with Crippen molar-refractivity contribution >= 4 is 17.7 Å². The number of thioether (sulfide) groups is 1. The van der Waals surface area contributed by atoms with Crippen molar-refractivity contribution in [3.8, 4) is 0 Å². The minimum Gasteiger partial charge on any atom is -0.341 e. The van der Waals surface area contributed by atoms with Crippen molar-refractivity contribution < 1.29 is 4.79 Å². The van der Waals surface area contributed by atoms with Gasteiger partial charge in [0.1, 0.15) is 0 Å². The first-order chi connectivity index (χ1) is 9.72. The maximum atomic E-state index is 11.9. The number of aryl methyl sites for hydroxylation is 1. The third kappa shape index (κ3) is 4.24. The number of amides is 1. The summed E-state index contributed by atoms with van der Waals surface area (Å²) >= 11 is 1.60. The number of carbonyl (C=O) groups is 1. The van der Waals surface area contributed by atoms with Crippen molar-refractivity contribution in [2.75, 3.05) is 38.2 Å². The van der Waals surface area contributed by atoms with Gasteiger partial charge in [-0.3, -0.25) is 14.4 Å². The van der Waals surface area contributed by atoms with Gasteiger partial charge in [0, 0.05) is 51.0 Å². The van der Waals surface area contributed by atoms with Gasteiger partial charge < -0.3 is 4.90 Å². The molecule has 2 heterocycles. The molecule has 112 valence electrons. The zero-order chi connectivity index (χ0) is 14.4. The van der Waals surface area contributed by atoms with Crippen molar-refractivity contribution in [2.45, 2.75) is 26.4 Å². The van der Waals surface area contributed by atoms with Crippen LogP contribution >= 0.6 is 11.8 Å². The van der Waals surface area contributed by atoms with E-state index in [0.717, 1.165) is 45.7 Å². The van der Waals surface area contributed by atoms with E-state index in [1.807, 2.05) is 22.0 Å². The molecule has 0 saturated carbocycles. The van der Waals surface area contributed by atoms with E-state index in [-0.39, 0.29) is 5.91 Å². The number of rotatable bonds is 5.